The fourth-order valence-electron chi connectivity index (χ4n) is 1.44. The Morgan fingerprint density at radius 1 is 1.11 bits per heavy atom. The second-order valence-electron chi connectivity index (χ2n) is 3.70. The van der Waals surface area contributed by atoms with E-state index in [-0.39, 0.29) is 5.91 Å². The molecule has 0 bridgehead atoms. The van der Waals surface area contributed by atoms with Crippen LogP contribution in [0.2, 0.25) is 0 Å². The van der Waals surface area contributed by atoms with Crippen molar-refractivity contribution in [2.45, 2.75) is 0 Å². The number of nitrogen functional groups attached to an aromatic ring is 1. The lowest BCUT2D eigenvalue weighted by molar-refractivity contribution is 0.102. The van der Waals surface area contributed by atoms with Gasteiger partial charge in [0.15, 0.2) is 0 Å². The zero-order valence-electron chi connectivity index (χ0n) is 9.28. The monoisotopic (exact) mass is 368 g/mol. The van der Waals surface area contributed by atoms with Gasteiger partial charge >= 0.3 is 0 Å². The third kappa shape index (κ3) is 3.11. The van der Waals surface area contributed by atoms with Gasteiger partial charge in [-0.3, -0.25) is 4.79 Å². The van der Waals surface area contributed by atoms with E-state index in [4.69, 9.17) is 5.73 Å². The standard InChI is InChI=1S/C13H10Br2N2O/c14-9-3-1-2-8(6-9)13(18)17-10-4-5-12(16)11(15)7-10/h1-7H,16H2,(H,17,18). The van der Waals surface area contributed by atoms with E-state index in [0.717, 1.165) is 8.95 Å². The SMILES string of the molecule is Nc1ccc(NC(=O)c2cccc(Br)c2)cc1Br. The van der Waals surface area contributed by atoms with Gasteiger partial charge in [-0.1, -0.05) is 22.0 Å². The predicted molar refractivity (Wildman–Crippen MR) is 80.6 cm³/mol. The van der Waals surface area contributed by atoms with Crippen LogP contribution in [0.1, 0.15) is 10.4 Å². The first-order chi connectivity index (χ1) is 8.56. The third-order valence-electron chi connectivity index (χ3n) is 2.35. The Balaban J connectivity index is 2.18. The minimum absolute atomic E-state index is 0.159. The van der Waals surface area contributed by atoms with E-state index in [2.05, 4.69) is 37.2 Å². The fourth-order valence-corrected chi connectivity index (χ4v) is 2.22. The van der Waals surface area contributed by atoms with Crippen LogP contribution in [0.4, 0.5) is 11.4 Å². The Morgan fingerprint density at radius 2 is 1.89 bits per heavy atom. The van der Waals surface area contributed by atoms with Crippen LogP contribution >= 0.6 is 31.9 Å². The largest absolute Gasteiger partial charge is 0.398 e. The number of rotatable bonds is 2. The first-order valence-corrected chi connectivity index (χ1v) is 6.77. The van der Waals surface area contributed by atoms with Gasteiger partial charge in [0.2, 0.25) is 0 Å². The molecule has 0 aliphatic rings. The quantitative estimate of drug-likeness (QED) is 0.784. The van der Waals surface area contributed by atoms with Gasteiger partial charge in [-0.15, -0.1) is 0 Å². The number of nitrogens with one attached hydrogen (secondary N) is 1. The molecule has 0 heterocycles. The summed E-state index contributed by atoms with van der Waals surface area (Å²) < 4.78 is 1.63. The van der Waals surface area contributed by atoms with Crippen LogP contribution in [-0.4, -0.2) is 5.91 Å². The Hall–Kier alpha value is -1.33. The summed E-state index contributed by atoms with van der Waals surface area (Å²) in [5, 5.41) is 2.81. The highest BCUT2D eigenvalue weighted by Crippen LogP contribution is 2.23. The van der Waals surface area contributed by atoms with Gasteiger partial charge < -0.3 is 11.1 Å². The highest BCUT2D eigenvalue weighted by molar-refractivity contribution is 9.10. The number of benzene rings is 2. The zero-order chi connectivity index (χ0) is 13.1. The van der Waals surface area contributed by atoms with Crippen molar-refractivity contribution in [1.82, 2.24) is 0 Å². The van der Waals surface area contributed by atoms with Gasteiger partial charge in [-0.2, -0.15) is 0 Å². The van der Waals surface area contributed by atoms with E-state index in [0.29, 0.717) is 16.9 Å². The molecule has 0 radical (unpaired) electrons. The Kier molecular flexibility index (Phi) is 4.04. The van der Waals surface area contributed by atoms with Crippen molar-refractivity contribution in [2.75, 3.05) is 11.1 Å². The molecule has 1 amide bonds. The minimum atomic E-state index is -0.159. The molecule has 0 saturated heterocycles. The molecule has 18 heavy (non-hydrogen) atoms. The summed E-state index contributed by atoms with van der Waals surface area (Å²) in [6.07, 6.45) is 0. The van der Waals surface area contributed by atoms with Gasteiger partial charge in [-0.25, -0.2) is 0 Å². The molecule has 92 valence electrons. The summed E-state index contributed by atoms with van der Waals surface area (Å²) >= 11 is 6.65. The summed E-state index contributed by atoms with van der Waals surface area (Å²) in [5.74, 6) is -0.159. The summed E-state index contributed by atoms with van der Waals surface area (Å²) in [5.41, 5.74) is 7.61. The smallest absolute Gasteiger partial charge is 0.255 e. The number of amides is 1. The van der Waals surface area contributed by atoms with Gasteiger partial charge in [0, 0.05) is 25.9 Å². The number of carbonyl (C=O) groups is 1. The molecule has 0 aliphatic heterocycles. The number of hydrogen-bond acceptors (Lipinski definition) is 2. The molecule has 0 spiro atoms. The molecular weight excluding hydrogens is 360 g/mol. The van der Waals surface area contributed by atoms with E-state index in [1.807, 2.05) is 12.1 Å². The van der Waals surface area contributed by atoms with Crippen molar-refractivity contribution in [3.05, 3.63) is 57.0 Å². The molecule has 0 saturated carbocycles. The highest BCUT2D eigenvalue weighted by atomic mass is 79.9. The molecule has 3 nitrogen and oxygen atoms in total. The third-order valence-corrected chi connectivity index (χ3v) is 3.53. The van der Waals surface area contributed by atoms with Crippen LogP contribution in [0.3, 0.4) is 0 Å². The maximum atomic E-state index is 12.0. The van der Waals surface area contributed by atoms with E-state index < -0.39 is 0 Å². The molecule has 0 atom stereocenters. The summed E-state index contributed by atoms with van der Waals surface area (Å²) in [7, 11) is 0. The van der Waals surface area contributed by atoms with Gasteiger partial charge in [0.1, 0.15) is 0 Å². The fraction of sp³-hybridized carbons (Fsp3) is 0. The van der Waals surface area contributed by atoms with Gasteiger partial charge in [0.05, 0.1) is 0 Å². The van der Waals surface area contributed by atoms with Gasteiger partial charge in [0.25, 0.3) is 5.91 Å². The molecule has 0 aromatic heterocycles. The molecule has 3 N–H and O–H groups in total. The number of halogens is 2. The second kappa shape index (κ2) is 5.54. The lowest BCUT2D eigenvalue weighted by Crippen LogP contribution is -2.11. The molecule has 2 aromatic carbocycles. The average molecular weight is 370 g/mol. The van der Waals surface area contributed by atoms with Crippen LogP contribution in [0, 0.1) is 0 Å². The van der Waals surface area contributed by atoms with Crippen molar-refractivity contribution in [2.24, 2.45) is 0 Å². The van der Waals surface area contributed by atoms with Crippen LogP contribution in [0.15, 0.2) is 51.4 Å². The summed E-state index contributed by atoms with van der Waals surface area (Å²) in [6.45, 7) is 0. The maximum absolute atomic E-state index is 12.0. The van der Waals surface area contributed by atoms with Gasteiger partial charge in [-0.05, 0) is 52.3 Å². The van der Waals surface area contributed by atoms with E-state index >= 15 is 0 Å². The average Bonchev–Trinajstić information content (AvgIpc) is 2.34. The molecule has 0 fully saturated rings. The first kappa shape index (κ1) is 13.1. The number of carbonyl (C=O) groups excluding carboxylic acids is 1. The Labute approximate surface area is 122 Å². The summed E-state index contributed by atoms with van der Waals surface area (Å²) in [6, 6.07) is 12.5. The Bertz CT molecular complexity index is 599. The van der Waals surface area contributed by atoms with Crippen LogP contribution in [-0.2, 0) is 0 Å². The minimum Gasteiger partial charge on any atom is -0.398 e. The first-order valence-electron chi connectivity index (χ1n) is 5.18. The van der Waals surface area contributed by atoms with Crippen LogP contribution < -0.4 is 11.1 Å². The predicted octanol–water partition coefficient (Wildman–Crippen LogP) is 4.05. The molecule has 0 unspecified atom stereocenters. The summed E-state index contributed by atoms with van der Waals surface area (Å²) in [4.78, 5) is 12.0. The number of anilines is 2. The number of nitrogens with two attached hydrogens (primary N) is 1. The van der Waals surface area contributed by atoms with Crippen LogP contribution in [0.25, 0.3) is 0 Å². The Morgan fingerprint density at radius 3 is 2.56 bits per heavy atom. The lowest BCUT2D eigenvalue weighted by atomic mass is 10.2. The van der Waals surface area contributed by atoms with Crippen LogP contribution in [0.5, 0.6) is 0 Å². The second-order valence-corrected chi connectivity index (χ2v) is 5.47. The van der Waals surface area contributed by atoms with E-state index in [1.165, 1.54) is 0 Å². The van der Waals surface area contributed by atoms with Crippen molar-refractivity contribution < 1.29 is 4.79 Å². The molecule has 0 aliphatic carbocycles. The number of hydrogen-bond donors (Lipinski definition) is 2. The maximum Gasteiger partial charge on any atom is 0.255 e. The molecule has 5 heteroatoms. The molecular formula is C13H10Br2N2O. The van der Waals surface area contributed by atoms with Crippen molar-refractivity contribution >= 4 is 49.1 Å². The molecule has 2 rings (SSSR count). The highest BCUT2D eigenvalue weighted by Gasteiger charge is 2.07. The molecule has 2 aromatic rings. The van der Waals surface area contributed by atoms with Crippen molar-refractivity contribution in [3.63, 3.8) is 0 Å². The zero-order valence-corrected chi connectivity index (χ0v) is 12.5. The normalized spacial score (nSPS) is 10.1. The van der Waals surface area contributed by atoms with E-state index in [9.17, 15) is 4.79 Å². The van der Waals surface area contributed by atoms with Crippen molar-refractivity contribution in [1.29, 1.82) is 0 Å². The van der Waals surface area contributed by atoms with Crippen molar-refractivity contribution in [3.8, 4) is 0 Å². The topological polar surface area (TPSA) is 55.1 Å². The lowest BCUT2D eigenvalue weighted by Gasteiger charge is -2.07. The van der Waals surface area contributed by atoms with E-state index in [1.54, 1.807) is 30.3 Å².